The second-order valence-corrected chi connectivity index (χ2v) is 10.4. The Kier molecular flexibility index (Phi) is 8.31. The number of aromatic amines is 1. The number of carbonyl (C=O) groups excluding carboxylic acids is 2. The third-order valence-electron chi connectivity index (χ3n) is 6.60. The zero-order valence-corrected chi connectivity index (χ0v) is 21.7. The van der Waals surface area contributed by atoms with Gasteiger partial charge < -0.3 is 15.0 Å². The molecule has 0 aliphatic heterocycles. The van der Waals surface area contributed by atoms with Crippen molar-refractivity contribution in [1.82, 2.24) is 20.7 Å². The van der Waals surface area contributed by atoms with E-state index in [1.165, 1.54) is 28.2 Å². The highest BCUT2D eigenvalue weighted by Gasteiger charge is 2.28. The molecule has 2 amide bonds. The molecule has 1 aromatic heterocycles. The average molecular weight is 505 g/mol. The van der Waals surface area contributed by atoms with Gasteiger partial charge in [-0.3, -0.25) is 14.9 Å². The summed E-state index contributed by atoms with van der Waals surface area (Å²) in [5, 5.41) is 12.9. The van der Waals surface area contributed by atoms with Crippen LogP contribution in [0, 0.1) is 0 Å². The van der Waals surface area contributed by atoms with E-state index in [0.29, 0.717) is 13.1 Å². The summed E-state index contributed by atoms with van der Waals surface area (Å²) in [6.07, 6.45) is 7.50. The van der Waals surface area contributed by atoms with Crippen molar-refractivity contribution in [2.45, 2.75) is 51.7 Å². The molecule has 1 unspecified atom stereocenters. The maximum Gasteiger partial charge on any atom is 0.407 e. The third-order valence-corrected chi connectivity index (χ3v) is 6.60. The Labute approximate surface area is 217 Å². The molecule has 8 nitrogen and oxygen atoms in total. The molecule has 0 saturated carbocycles. The Morgan fingerprint density at radius 2 is 2.00 bits per heavy atom. The highest BCUT2D eigenvalue weighted by atomic mass is 16.6. The Balaban J connectivity index is 1.48. The minimum Gasteiger partial charge on any atom is -0.444 e. The van der Waals surface area contributed by atoms with Gasteiger partial charge in [0.1, 0.15) is 5.60 Å². The summed E-state index contributed by atoms with van der Waals surface area (Å²) < 4.78 is 5.41. The van der Waals surface area contributed by atoms with Gasteiger partial charge in [0.05, 0.1) is 0 Å². The lowest BCUT2D eigenvalue weighted by Crippen LogP contribution is -2.39. The molecule has 3 aromatic rings. The Morgan fingerprint density at radius 1 is 1.19 bits per heavy atom. The summed E-state index contributed by atoms with van der Waals surface area (Å²) >= 11 is 0. The zero-order valence-electron chi connectivity index (χ0n) is 21.7. The quantitative estimate of drug-likeness (QED) is 0.191. The summed E-state index contributed by atoms with van der Waals surface area (Å²) in [5.41, 5.74) is 6.95. The van der Waals surface area contributed by atoms with Crippen molar-refractivity contribution < 1.29 is 19.5 Å². The van der Waals surface area contributed by atoms with Gasteiger partial charge in [0.15, 0.2) is 0 Å². The van der Waals surface area contributed by atoms with E-state index in [2.05, 4.69) is 51.7 Å². The molecule has 1 heterocycles. The van der Waals surface area contributed by atoms with Crippen LogP contribution in [0.3, 0.4) is 0 Å². The summed E-state index contributed by atoms with van der Waals surface area (Å²) in [5.74, 6) is -0.556. The molecule has 4 rings (SSSR count). The summed E-state index contributed by atoms with van der Waals surface area (Å²) in [6, 6.07) is 14.8. The number of hydrogen-bond acceptors (Lipinski definition) is 5. The van der Waals surface area contributed by atoms with E-state index in [-0.39, 0.29) is 6.04 Å². The van der Waals surface area contributed by atoms with Crippen LogP contribution in [0.15, 0.2) is 54.7 Å². The SMILES string of the molecule is CC(C)(C)OC(=O)NCCN(CCc1c[nH]c2ccccc12)C1CCc2cc(C=CC(=O)NO)ccc21. The van der Waals surface area contributed by atoms with Crippen molar-refractivity contribution >= 4 is 29.0 Å². The van der Waals surface area contributed by atoms with Crippen LogP contribution < -0.4 is 10.8 Å². The molecular weight excluding hydrogens is 468 g/mol. The van der Waals surface area contributed by atoms with E-state index in [0.717, 1.165) is 36.9 Å². The van der Waals surface area contributed by atoms with Gasteiger partial charge in [-0.25, -0.2) is 10.3 Å². The van der Waals surface area contributed by atoms with Crippen molar-refractivity contribution in [2.24, 2.45) is 0 Å². The van der Waals surface area contributed by atoms with Crippen LogP contribution in [0.4, 0.5) is 4.79 Å². The smallest absolute Gasteiger partial charge is 0.407 e. The number of aromatic nitrogens is 1. The normalized spacial score (nSPS) is 15.3. The van der Waals surface area contributed by atoms with Gasteiger partial charge in [-0.15, -0.1) is 0 Å². The second-order valence-electron chi connectivity index (χ2n) is 10.4. The molecule has 2 aromatic carbocycles. The number of aryl methyl sites for hydroxylation is 1. The molecule has 4 N–H and O–H groups in total. The predicted molar refractivity (Wildman–Crippen MR) is 144 cm³/mol. The van der Waals surface area contributed by atoms with Crippen LogP contribution in [0.2, 0.25) is 0 Å². The molecule has 0 spiro atoms. The number of alkyl carbamates (subject to hydrolysis) is 1. The lowest BCUT2D eigenvalue weighted by molar-refractivity contribution is -0.124. The van der Waals surface area contributed by atoms with E-state index < -0.39 is 17.6 Å². The molecule has 196 valence electrons. The van der Waals surface area contributed by atoms with E-state index in [9.17, 15) is 9.59 Å². The van der Waals surface area contributed by atoms with Crippen molar-refractivity contribution in [2.75, 3.05) is 19.6 Å². The number of nitrogens with one attached hydrogen (secondary N) is 3. The highest BCUT2D eigenvalue weighted by Crippen LogP contribution is 2.36. The van der Waals surface area contributed by atoms with Gasteiger partial charge in [0.25, 0.3) is 5.91 Å². The molecule has 0 bridgehead atoms. The lowest BCUT2D eigenvalue weighted by Gasteiger charge is -2.30. The van der Waals surface area contributed by atoms with Gasteiger partial charge in [-0.05, 0) is 74.4 Å². The van der Waals surface area contributed by atoms with Crippen LogP contribution in [0.5, 0.6) is 0 Å². The minimum atomic E-state index is -0.556. The number of carbonyl (C=O) groups is 2. The summed E-state index contributed by atoms with van der Waals surface area (Å²) in [4.78, 5) is 29.4. The van der Waals surface area contributed by atoms with E-state index in [1.807, 2.05) is 32.9 Å². The summed E-state index contributed by atoms with van der Waals surface area (Å²) in [6.45, 7) is 7.61. The number of fused-ring (bicyclic) bond motifs is 2. The number of nitrogens with zero attached hydrogens (tertiary/aromatic N) is 1. The fraction of sp³-hybridized carbons (Fsp3) is 0.379. The number of rotatable bonds is 9. The topological polar surface area (TPSA) is 107 Å². The molecule has 0 fully saturated rings. The molecule has 8 heteroatoms. The molecule has 1 aliphatic rings. The first-order valence-corrected chi connectivity index (χ1v) is 12.7. The fourth-order valence-corrected chi connectivity index (χ4v) is 4.95. The van der Waals surface area contributed by atoms with Gasteiger partial charge in [-0.1, -0.05) is 36.4 Å². The first-order valence-electron chi connectivity index (χ1n) is 12.7. The first-order chi connectivity index (χ1) is 17.7. The third kappa shape index (κ3) is 6.99. The van der Waals surface area contributed by atoms with Gasteiger partial charge in [0, 0.05) is 48.9 Å². The van der Waals surface area contributed by atoms with Gasteiger partial charge >= 0.3 is 6.09 Å². The monoisotopic (exact) mass is 504 g/mol. The molecule has 0 saturated heterocycles. The molecule has 1 aliphatic carbocycles. The van der Waals surface area contributed by atoms with Crippen molar-refractivity contribution in [3.8, 4) is 0 Å². The lowest BCUT2D eigenvalue weighted by atomic mass is 10.0. The number of benzene rings is 2. The maximum absolute atomic E-state index is 12.2. The number of amides is 2. The van der Waals surface area contributed by atoms with Gasteiger partial charge in [0.2, 0.25) is 0 Å². The van der Waals surface area contributed by atoms with Crippen LogP contribution >= 0.6 is 0 Å². The van der Waals surface area contributed by atoms with Crippen LogP contribution in [-0.4, -0.2) is 52.3 Å². The predicted octanol–water partition coefficient (Wildman–Crippen LogP) is 4.74. The number of hydrogen-bond donors (Lipinski definition) is 4. The number of para-hydroxylation sites is 1. The second kappa shape index (κ2) is 11.6. The van der Waals surface area contributed by atoms with Crippen LogP contribution in [0.25, 0.3) is 17.0 Å². The molecule has 37 heavy (non-hydrogen) atoms. The van der Waals surface area contributed by atoms with E-state index >= 15 is 0 Å². The number of ether oxygens (including phenoxy) is 1. The Bertz CT molecular complexity index is 1270. The number of H-pyrrole nitrogens is 1. The van der Waals surface area contributed by atoms with E-state index in [4.69, 9.17) is 9.94 Å². The average Bonchev–Trinajstić information content (AvgIpc) is 3.47. The molecule has 1 atom stereocenters. The Morgan fingerprint density at radius 3 is 2.78 bits per heavy atom. The molecular formula is C29H36N4O4. The van der Waals surface area contributed by atoms with Gasteiger partial charge in [-0.2, -0.15) is 0 Å². The van der Waals surface area contributed by atoms with E-state index in [1.54, 1.807) is 11.6 Å². The standard InChI is InChI=1S/C29H36N4O4/c1-29(2,3)37-28(35)30-15-17-33(16-14-22-19-31-25-7-5-4-6-23(22)25)26-12-10-21-18-20(8-11-24(21)26)9-13-27(34)32-36/h4-9,11,13,18-19,26,31,36H,10,12,14-17H2,1-3H3,(H,30,35)(H,32,34). The van der Waals surface area contributed by atoms with Crippen molar-refractivity contribution in [3.63, 3.8) is 0 Å². The maximum atomic E-state index is 12.2. The van der Waals surface area contributed by atoms with Crippen LogP contribution in [-0.2, 0) is 22.4 Å². The van der Waals surface area contributed by atoms with Crippen LogP contribution in [0.1, 0.15) is 55.5 Å². The minimum absolute atomic E-state index is 0.236. The number of hydroxylamine groups is 1. The summed E-state index contributed by atoms with van der Waals surface area (Å²) in [7, 11) is 0. The first kappa shape index (κ1) is 26.4. The molecule has 0 radical (unpaired) electrons. The fourth-order valence-electron chi connectivity index (χ4n) is 4.95. The highest BCUT2D eigenvalue weighted by molar-refractivity contribution is 5.90. The van der Waals surface area contributed by atoms with Crippen molar-refractivity contribution in [3.05, 3.63) is 77.0 Å². The van der Waals surface area contributed by atoms with Crippen molar-refractivity contribution in [1.29, 1.82) is 0 Å². The largest absolute Gasteiger partial charge is 0.444 e. The zero-order chi connectivity index (χ0) is 26.4. The Hall–Kier alpha value is -3.62.